The molecule has 1 aliphatic rings. The second-order valence-electron chi connectivity index (χ2n) is 6.19. The Labute approximate surface area is 149 Å². The van der Waals surface area contributed by atoms with E-state index in [1.54, 1.807) is 10.4 Å². The minimum atomic E-state index is -0.312. The number of anilines is 1. The number of amides is 2. The van der Waals surface area contributed by atoms with Crippen molar-refractivity contribution in [3.63, 3.8) is 0 Å². The Morgan fingerprint density at radius 2 is 2.08 bits per heavy atom. The molecular weight excluding hydrogens is 334 g/mol. The average molecular weight is 351 g/mol. The van der Waals surface area contributed by atoms with E-state index in [0.717, 1.165) is 21.5 Å². The number of fused-ring (bicyclic) bond motifs is 1. The Hall–Kier alpha value is -2.73. The number of carbonyl (C=O) groups excluding carboxylic acids is 2. The van der Waals surface area contributed by atoms with Gasteiger partial charge in [0.15, 0.2) is 0 Å². The van der Waals surface area contributed by atoms with E-state index in [-0.39, 0.29) is 24.2 Å². The van der Waals surface area contributed by atoms with Gasteiger partial charge in [0, 0.05) is 25.2 Å². The number of likely N-dealkylation sites (tertiary alicyclic amines) is 1. The third-order valence-corrected chi connectivity index (χ3v) is 5.19. The maximum absolute atomic E-state index is 12.5. The zero-order valence-corrected chi connectivity index (χ0v) is 14.3. The Morgan fingerprint density at radius 3 is 2.92 bits per heavy atom. The summed E-state index contributed by atoms with van der Waals surface area (Å²) >= 11 is 1.54. The number of nitrogens with zero attached hydrogens (tertiary/aromatic N) is 2. The van der Waals surface area contributed by atoms with Crippen molar-refractivity contribution >= 4 is 39.1 Å². The quantitative estimate of drug-likeness (QED) is 0.785. The lowest BCUT2D eigenvalue weighted by Gasteiger charge is -2.16. The van der Waals surface area contributed by atoms with Crippen LogP contribution < -0.4 is 5.32 Å². The molecule has 4 rings (SSSR count). The Kier molecular flexibility index (Phi) is 4.19. The zero-order chi connectivity index (χ0) is 17.2. The van der Waals surface area contributed by atoms with Crippen LogP contribution >= 0.6 is 11.3 Å². The van der Waals surface area contributed by atoms with Gasteiger partial charge in [0.25, 0.3) is 0 Å². The van der Waals surface area contributed by atoms with Crippen molar-refractivity contribution < 1.29 is 9.59 Å². The molecule has 2 amide bonds. The lowest BCUT2D eigenvalue weighted by atomic mass is 10.1. The molecule has 6 heteroatoms. The number of hydrogen-bond acceptors (Lipinski definition) is 4. The third-order valence-electron chi connectivity index (χ3n) is 4.40. The maximum atomic E-state index is 12.5. The summed E-state index contributed by atoms with van der Waals surface area (Å²) in [5, 5.41) is 2.93. The van der Waals surface area contributed by atoms with Crippen molar-refractivity contribution in [2.75, 3.05) is 11.9 Å². The lowest BCUT2D eigenvalue weighted by Crippen LogP contribution is -2.28. The summed E-state index contributed by atoms with van der Waals surface area (Å²) in [6.07, 6.45) is 0.265. The molecule has 3 aromatic rings. The number of rotatable bonds is 4. The van der Waals surface area contributed by atoms with Crippen LogP contribution in [0.4, 0.5) is 5.69 Å². The standard InChI is InChI=1S/C19H17N3O2S/c23-18-8-14(11-22(18)10-13-4-2-1-3-5-13)19(24)21-15-6-7-16-17(9-15)25-12-20-16/h1-7,9,12,14H,8,10-11H2,(H,21,24)/t14-/m0/s1. The van der Waals surface area contributed by atoms with Gasteiger partial charge < -0.3 is 10.2 Å². The van der Waals surface area contributed by atoms with Crippen LogP contribution in [0.5, 0.6) is 0 Å². The molecule has 0 saturated carbocycles. The number of carbonyl (C=O) groups is 2. The molecule has 2 heterocycles. The molecule has 25 heavy (non-hydrogen) atoms. The van der Waals surface area contributed by atoms with Gasteiger partial charge in [-0.1, -0.05) is 30.3 Å². The number of aromatic nitrogens is 1. The van der Waals surface area contributed by atoms with E-state index in [9.17, 15) is 9.59 Å². The summed E-state index contributed by atoms with van der Waals surface area (Å²) in [5.41, 5.74) is 4.53. The summed E-state index contributed by atoms with van der Waals surface area (Å²) in [6, 6.07) is 15.5. The molecule has 1 fully saturated rings. The van der Waals surface area contributed by atoms with Crippen LogP contribution in [-0.2, 0) is 16.1 Å². The van der Waals surface area contributed by atoms with Crippen molar-refractivity contribution in [3.05, 3.63) is 59.6 Å². The average Bonchev–Trinajstić information content (AvgIpc) is 3.22. The Morgan fingerprint density at radius 1 is 1.24 bits per heavy atom. The molecule has 1 aliphatic heterocycles. The number of hydrogen-bond donors (Lipinski definition) is 1. The zero-order valence-electron chi connectivity index (χ0n) is 13.5. The highest BCUT2D eigenvalue weighted by molar-refractivity contribution is 7.16. The van der Waals surface area contributed by atoms with Crippen molar-refractivity contribution in [1.82, 2.24) is 9.88 Å². The van der Waals surface area contributed by atoms with Gasteiger partial charge >= 0.3 is 0 Å². The molecular formula is C19H17N3O2S. The second-order valence-corrected chi connectivity index (χ2v) is 7.07. The predicted octanol–water partition coefficient (Wildman–Crippen LogP) is 3.28. The van der Waals surface area contributed by atoms with E-state index in [2.05, 4.69) is 10.3 Å². The Balaban J connectivity index is 1.41. The molecule has 1 saturated heterocycles. The molecule has 0 bridgehead atoms. The first kappa shape index (κ1) is 15.8. The van der Waals surface area contributed by atoms with Crippen molar-refractivity contribution in [2.24, 2.45) is 5.92 Å². The summed E-state index contributed by atoms with van der Waals surface area (Å²) in [7, 11) is 0. The van der Waals surface area contributed by atoms with Crippen LogP contribution in [0.25, 0.3) is 10.2 Å². The fourth-order valence-electron chi connectivity index (χ4n) is 3.08. The van der Waals surface area contributed by atoms with Gasteiger partial charge in [-0.25, -0.2) is 4.98 Å². The smallest absolute Gasteiger partial charge is 0.229 e. The van der Waals surface area contributed by atoms with Crippen molar-refractivity contribution in [2.45, 2.75) is 13.0 Å². The highest BCUT2D eigenvalue weighted by Gasteiger charge is 2.34. The van der Waals surface area contributed by atoms with Gasteiger partial charge in [0.05, 0.1) is 21.6 Å². The van der Waals surface area contributed by atoms with Gasteiger partial charge in [0.2, 0.25) is 11.8 Å². The van der Waals surface area contributed by atoms with Crippen LogP contribution in [0.1, 0.15) is 12.0 Å². The molecule has 0 radical (unpaired) electrons. The molecule has 5 nitrogen and oxygen atoms in total. The highest BCUT2D eigenvalue weighted by Crippen LogP contribution is 2.25. The fraction of sp³-hybridized carbons (Fsp3) is 0.211. The monoisotopic (exact) mass is 351 g/mol. The van der Waals surface area contributed by atoms with Gasteiger partial charge in [0.1, 0.15) is 0 Å². The van der Waals surface area contributed by atoms with Crippen LogP contribution in [-0.4, -0.2) is 28.2 Å². The molecule has 126 valence electrons. The number of nitrogens with one attached hydrogen (secondary N) is 1. The minimum absolute atomic E-state index is 0.0295. The summed E-state index contributed by atoms with van der Waals surface area (Å²) < 4.78 is 1.03. The summed E-state index contributed by atoms with van der Waals surface area (Å²) in [6.45, 7) is 1.01. The first-order chi connectivity index (χ1) is 12.2. The largest absolute Gasteiger partial charge is 0.338 e. The molecule has 1 atom stereocenters. The van der Waals surface area contributed by atoms with Gasteiger partial charge in [-0.3, -0.25) is 9.59 Å². The van der Waals surface area contributed by atoms with E-state index < -0.39 is 0 Å². The van der Waals surface area contributed by atoms with E-state index >= 15 is 0 Å². The van der Waals surface area contributed by atoms with Crippen LogP contribution in [0.3, 0.4) is 0 Å². The van der Waals surface area contributed by atoms with E-state index in [4.69, 9.17) is 0 Å². The van der Waals surface area contributed by atoms with Crippen LogP contribution in [0.15, 0.2) is 54.0 Å². The van der Waals surface area contributed by atoms with Crippen molar-refractivity contribution in [3.8, 4) is 0 Å². The number of benzene rings is 2. The van der Waals surface area contributed by atoms with E-state index in [1.165, 1.54) is 11.3 Å². The molecule has 2 aromatic carbocycles. The van der Waals surface area contributed by atoms with Crippen molar-refractivity contribution in [1.29, 1.82) is 0 Å². The lowest BCUT2D eigenvalue weighted by molar-refractivity contribution is -0.128. The topological polar surface area (TPSA) is 62.3 Å². The van der Waals surface area contributed by atoms with E-state index in [0.29, 0.717) is 13.1 Å². The van der Waals surface area contributed by atoms with Gasteiger partial charge in [-0.2, -0.15) is 0 Å². The summed E-state index contributed by atoms with van der Waals surface area (Å²) in [4.78, 5) is 30.7. The second kappa shape index (κ2) is 6.64. The first-order valence-corrected chi connectivity index (χ1v) is 9.03. The minimum Gasteiger partial charge on any atom is -0.338 e. The fourth-order valence-corrected chi connectivity index (χ4v) is 3.80. The molecule has 1 aromatic heterocycles. The molecule has 0 spiro atoms. The highest BCUT2D eigenvalue weighted by atomic mass is 32.1. The van der Waals surface area contributed by atoms with E-state index in [1.807, 2.05) is 48.5 Å². The molecule has 0 unspecified atom stereocenters. The van der Waals surface area contributed by atoms with Crippen LogP contribution in [0.2, 0.25) is 0 Å². The number of thiazole rings is 1. The maximum Gasteiger partial charge on any atom is 0.229 e. The normalized spacial score (nSPS) is 17.2. The van der Waals surface area contributed by atoms with Gasteiger partial charge in [-0.05, 0) is 23.8 Å². The third kappa shape index (κ3) is 3.39. The summed E-state index contributed by atoms with van der Waals surface area (Å²) in [5.74, 6) is -0.386. The molecule has 0 aliphatic carbocycles. The van der Waals surface area contributed by atoms with Crippen LogP contribution in [0, 0.1) is 5.92 Å². The predicted molar refractivity (Wildman–Crippen MR) is 98.2 cm³/mol. The first-order valence-electron chi connectivity index (χ1n) is 8.15. The van der Waals surface area contributed by atoms with Gasteiger partial charge in [-0.15, -0.1) is 11.3 Å². The molecule has 1 N–H and O–H groups in total. The SMILES string of the molecule is O=C(Nc1ccc2ncsc2c1)[C@H]1CC(=O)N(Cc2ccccc2)C1. The Bertz CT molecular complexity index is 923.